The van der Waals surface area contributed by atoms with Crippen molar-refractivity contribution in [1.29, 1.82) is 0 Å². The average molecular weight is 426 g/mol. The van der Waals surface area contributed by atoms with Crippen LogP contribution in [0.2, 0.25) is 0 Å². The van der Waals surface area contributed by atoms with Gasteiger partial charge < -0.3 is 15.2 Å². The maximum Gasteiger partial charge on any atom is 0.407 e. The first-order chi connectivity index (χ1) is 15.0. The number of nitrogens with one attached hydrogen (secondary N) is 2. The predicted octanol–water partition coefficient (Wildman–Crippen LogP) is 3.07. The van der Waals surface area contributed by atoms with Crippen LogP contribution in [0, 0.1) is 5.92 Å². The van der Waals surface area contributed by atoms with Crippen LogP contribution in [0.4, 0.5) is 4.79 Å². The molecule has 0 saturated carbocycles. The van der Waals surface area contributed by atoms with Crippen LogP contribution in [0.25, 0.3) is 11.1 Å². The molecule has 8 nitrogen and oxygen atoms in total. The van der Waals surface area contributed by atoms with Crippen molar-refractivity contribution in [3.05, 3.63) is 59.7 Å². The fourth-order valence-corrected chi connectivity index (χ4v) is 3.71. The summed E-state index contributed by atoms with van der Waals surface area (Å²) in [5, 5.41) is 11.2. The van der Waals surface area contributed by atoms with Crippen molar-refractivity contribution >= 4 is 18.0 Å². The Morgan fingerprint density at radius 2 is 1.65 bits per heavy atom. The quantitative estimate of drug-likeness (QED) is 0.503. The second-order valence-electron chi connectivity index (χ2n) is 7.56. The lowest BCUT2D eigenvalue weighted by atomic mass is 9.98. The summed E-state index contributed by atoms with van der Waals surface area (Å²) in [6.45, 7) is 1.87. The SMILES string of the molecule is CC(CCNC(=O)OCC1c2ccccc2-c2ccccc21)CC(=O)NOCC(=O)O. The Morgan fingerprint density at radius 3 is 2.26 bits per heavy atom. The summed E-state index contributed by atoms with van der Waals surface area (Å²) in [6, 6.07) is 16.3. The van der Waals surface area contributed by atoms with E-state index < -0.39 is 24.6 Å². The van der Waals surface area contributed by atoms with Gasteiger partial charge in [-0.15, -0.1) is 0 Å². The number of aliphatic carboxylic acids is 1. The Labute approximate surface area is 180 Å². The monoisotopic (exact) mass is 426 g/mol. The molecule has 2 aromatic rings. The van der Waals surface area contributed by atoms with Gasteiger partial charge in [0.1, 0.15) is 6.61 Å². The molecule has 164 valence electrons. The van der Waals surface area contributed by atoms with Crippen molar-refractivity contribution in [3.63, 3.8) is 0 Å². The highest BCUT2D eigenvalue weighted by Gasteiger charge is 2.28. The van der Waals surface area contributed by atoms with Crippen LogP contribution in [0.15, 0.2) is 48.5 Å². The number of rotatable bonds is 10. The number of hydrogen-bond acceptors (Lipinski definition) is 5. The van der Waals surface area contributed by atoms with E-state index in [0.717, 1.165) is 11.1 Å². The Balaban J connectivity index is 1.40. The van der Waals surface area contributed by atoms with Crippen molar-refractivity contribution < 1.29 is 29.1 Å². The first kappa shape index (κ1) is 22.3. The molecule has 1 unspecified atom stereocenters. The largest absolute Gasteiger partial charge is 0.479 e. The van der Waals surface area contributed by atoms with E-state index in [2.05, 4.69) is 39.9 Å². The third-order valence-electron chi connectivity index (χ3n) is 5.17. The van der Waals surface area contributed by atoms with Gasteiger partial charge in [-0.1, -0.05) is 55.5 Å². The van der Waals surface area contributed by atoms with Gasteiger partial charge in [-0.05, 0) is 34.6 Å². The molecule has 0 aromatic heterocycles. The van der Waals surface area contributed by atoms with E-state index in [4.69, 9.17) is 9.84 Å². The van der Waals surface area contributed by atoms with E-state index in [1.807, 2.05) is 31.2 Å². The number of fused-ring (bicyclic) bond motifs is 3. The van der Waals surface area contributed by atoms with E-state index in [0.29, 0.717) is 13.0 Å². The van der Waals surface area contributed by atoms with Crippen molar-refractivity contribution in [2.45, 2.75) is 25.7 Å². The van der Waals surface area contributed by atoms with Gasteiger partial charge in [0.25, 0.3) is 0 Å². The highest BCUT2D eigenvalue weighted by atomic mass is 16.7. The standard InChI is InChI=1S/C23H26N2O6/c1-15(12-21(26)25-31-14-22(27)28)10-11-24-23(29)30-13-20-18-8-4-2-6-16(18)17-7-3-5-9-19(17)20/h2-9,15,20H,10-14H2,1H3,(H,24,29)(H,25,26)(H,27,28). The Morgan fingerprint density at radius 1 is 1.03 bits per heavy atom. The number of benzene rings is 2. The van der Waals surface area contributed by atoms with Gasteiger partial charge in [0.15, 0.2) is 6.61 Å². The van der Waals surface area contributed by atoms with Crippen LogP contribution in [-0.2, 0) is 19.2 Å². The fourth-order valence-electron chi connectivity index (χ4n) is 3.71. The lowest BCUT2D eigenvalue weighted by Gasteiger charge is -2.15. The molecule has 2 amide bonds. The smallest absolute Gasteiger partial charge is 0.407 e. The van der Waals surface area contributed by atoms with Crippen LogP contribution >= 0.6 is 0 Å². The van der Waals surface area contributed by atoms with Crippen LogP contribution < -0.4 is 10.8 Å². The van der Waals surface area contributed by atoms with Crippen LogP contribution in [0.1, 0.15) is 36.8 Å². The minimum atomic E-state index is -1.17. The number of ether oxygens (including phenoxy) is 1. The first-order valence-corrected chi connectivity index (χ1v) is 10.2. The molecule has 0 aliphatic heterocycles. The van der Waals surface area contributed by atoms with E-state index in [1.54, 1.807) is 0 Å². The number of carboxylic acid groups (broad SMARTS) is 1. The van der Waals surface area contributed by atoms with E-state index in [9.17, 15) is 14.4 Å². The second kappa shape index (κ2) is 10.6. The molecular weight excluding hydrogens is 400 g/mol. The molecule has 1 atom stereocenters. The summed E-state index contributed by atoms with van der Waals surface area (Å²) in [5.41, 5.74) is 6.73. The second-order valence-corrected chi connectivity index (χ2v) is 7.56. The molecule has 8 heteroatoms. The summed E-state index contributed by atoms with van der Waals surface area (Å²) in [6.07, 6.45) is 0.228. The number of carbonyl (C=O) groups excluding carboxylic acids is 2. The molecule has 2 aromatic carbocycles. The number of carboxylic acids is 1. The van der Waals surface area contributed by atoms with Gasteiger partial charge in [0, 0.05) is 18.9 Å². The maximum absolute atomic E-state index is 12.1. The number of amides is 2. The molecule has 1 aliphatic rings. The van der Waals surface area contributed by atoms with Gasteiger partial charge in [0.2, 0.25) is 5.91 Å². The molecule has 0 heterocycles. The molecule has 0 saturated heterocycles. The van der Waals surface area contributed by atoms with Crippen molar-refractivity contribution in [3.8, 4) is 11.1 Å². The van der Waals surface area contributed by atoms with E-state index in [-0.39, 0.29) is 24.9 Å². The van der Waals surface area contributed by atoms with Crippen molar-refractivity contribution in [2.24, 2.45) is 5.92 Å². The Hall–Kier alpha value is -3.39. The van der Waals surface area contributed by atoms with E-state index >= 15 is 0 Å². The van der Waals surface area contributed by atoms with Crippen LogP contribution in [-0.4, -0.2) is 42.8 Å². The van der Waals surface area contributed by atoms with E-state index in [1.165, 1.54) is 11.1 Å². The molecule has 0 fully saturated rings. The van der Waals surface area contributed by atoms with Gasteiger partial charge in [-0.25, -0.2) is 15.1 Å². The maximum atomic E-state index is 12.1. The zero-order valence-electron chi connectivity index (χ0n) is 17.3. The third kappa shape index (κ3) is 6.05. The van der Waals surface area contributed by atoms with Crippen molar-refractivity contribution in [1.82, 2.24) is 10.8 Å². The van der Waals surface area contributed by atoms with Crippen LogP contribution in [0.5, 0.6) is 0 Å². The molecule has 0 bridgehead atoms. The fraction of sp³-hybridized carbons (Fsp3) is 0.348. The molecule has 0 radical (unpaired) electrons. The summed E-state index contributed by atoms with van der Waals surface area (Å²) >= 11 is 0. The highest BCUT2D eigenvalue weighted by molar-refractivity contribution is 5.79. The number of hydroxylamine groups is 1. The molecular formula is C23H26N2O6. The lowest BCUT2D eigenvalue weighted by Crippen LogP contribution is -2.30. The Bertz CT molecular complexity index is 900. The summed E-state index contributed by atoms with van der Waals surface area (Å²) in [4.78, 5) is 38.7. The molecule has 1 aliphatic carbocycles. The minimum Gasteiger partial charge on any atom is -0.479 e. The highest BCUT2D eigenvalue weighted by Crippen LogP contribution is 2.44. The summed E-state index contributed by atoms with van der Waals surface area (Å²) < 4.78 is 5.47. The van der Waals surface area contributed by atoms with Gasteiger partial charge in [-0.2, -0.15) is 0 Å². The zero-order valence-corrected chi connectivity index (χ0v) is 17.3. The average Bonchev–Trinajstić information content (AvgIpc) is 3.06. The molecule has 31 heavy (non-hydrogen) atoms. The zero-order chi connectivity index (χ0) is 22.2. The topological polar surface area (TPSA) is 114 Å². The third-order valence-corrected chi connectivity index (χ3v) is 5.17. The van der Waals surface area contributed by atoms with Crippen LogP contribution in [0.3, 0.4) is 0 Å². The predicted molar refractivity (Wildman–Crippen MR) is 113 cm³/mol. The van der Waals surface area contributed by atoms with Gasteiger partial charge >= 0.3 is 12.1 Å². The Kier molecular flexibility index (Phi) is 7.61. The lowest BCUT2D eigenvalue weighted by molar-refractivity contribution is -0.149. The number of carbonyl (C=O) groups is 3. The van der Waals surface area contributed by atoms with Crippen molar-refractivity contribution in [2.75, 3.05) is 19.8 Å². The molecule has 3 rings (SSSR count). The number of hydrogen-bond donors (Lipinski definition) is 3. The first-order valence-electron chi connectivity index (χ1n) is 10.2. The normalized spacial score (nSPS) is 13.1. The summed E-state index contributed by atoms with van der Waals surface area (Å²) in [5.74, 6) is -1.59. The minimum absolute atomic E-state index is 0.00609. The van der Waals surface area contributed by atoms with Gasteiger partial charge in [0.05, 0.1) is 0 Å². The van der Waals surface area contributed by atoms with Gasteiger partial charge in [-0.3, -0.25) is 9.63 Å². The molecule has 3 N–H and O–H groups in total. The summed E-state index contributed by atoms with van der Waals surface area (Å²) in [7, 11) is 0. The number of alkyl carbamates (subject to hydrolysis) is 1. The molecule has 0 spiro atoms.